The smallest absolute Gasteiger partial charge is 0.271 e. The third kappa shape index (κ3) is 6.62. The molecule has 6 rings (SSSR count). The van der Waals surface area contributed by atoms with E-state index in [-0.39, 0.29) is 11.5 Å². The molecule has 0 spiro atoms. The van der Waals surface area contributed by atoms with Crippen LogP contribution in [0, 0.1) is 0 Å². The van der Waals surface area contributed by atoms with E-state index in [1.54, 1.807) is 11.5 Å². The van der Waals surface area contributed by atoms with E-state index in [0.717, 1.165) is 16.7 Å². The molecule has 4 aromatic carbocycles. The number of fused-ring (bicyclic) bond motifs is 1. The van der Waals surface area contributed by atoms with Crippen LogP contribution in [0.4, 0.5) is 5.69 Å². The molecule has 0 unspecified atom stereocenters. The number of allylic oxidation sites excluding steroid dienone is 1. The van der Waals surface area contributed by atoms with Gasteiger partial charge in [-0.25, -0.2) is 4.99 Å². The molecule has 0 saturated carbocycles. The molecule has 0 radical (unpaired) electrons. The lowest BCUT2D eigenvalue weighted by atomic mass is 9.95. The van der Waals surface area contributed by atoms with Gasteiger partial charge in [-0.3, -0.25) is 14.2 Å². The second-order valence-electron chi connectivity index (χ2n) is 10.4. The summed E-state index contributed by atoms with van der Waals surface area (Å²) in [4.78, 5) is 33.3. The molecule has 9 heteroatoms. The zero-order valence-electron chi connectivity index (χ0n) is 24.7. The highest BCUT2D eigenvalue weighted by Crippen LogP contribution is 2.32. The van der Waals surface area contributed by atoms with Crippen molar-refractivity contribution in [2.24, 2.45) is 4.99 Å². The van der Waals surface area contributed by atoms with Crippen LogP contribution in [-0.4, -0.2) is 17.1 Å². The summed E-state index contributed by atoms with van der Waals surface area (Å²) in [5, 5.41) is 3.62. The first-order valence-electron chi connectivity index (χ1n) is 14.5. The van der Waals surface area contributed by atoms with Crippen LogP contribution < -0.4 is 29.7 Å². The molecule has 0 aliphatic carbocycles. The van der Waals surface area contributed by atoms with Gasteiger partial charge in [-0.2, -0.15) is 0 Å². The molecule has 0 saturated heterocycles. The van der Waals surface area contributed by atoms with Crippen molar-refractivity contribution in [3.63, 3.8) is 0 Å². The Labute approximate surface area is 269 Å². The Morgan fingerprint density at radius 1 is 0.978 bits per heavy atom. The first kappa shape index (κ1) is 30.1. The Hall–Kier alpha value is -4.92. The fourth-order valence-corrected chi connectivity index (χ4v) is 6.47. The Balaban J connectivity index is 1.42. The van der Waals surface area contributed by atoms with Crippen molar-refractivity contribution in [1.82, 2.24) is 4.57 Å². The molecule has 5 aromatic rings. The van der Waals surface area contributed by atoms with E-state index in [2.05, 4.69) is 5.32 Å². The number of benzene rings is 4. The molecule has 1 amide bonds. The minimum Gasteiger partial charge on any atom is -0.494 e. The number of rotatable bonds is 9. The van der Waals surface area contributed by atoms with Crippen LogP contribution in [-0.2, 0) is 11.4 Å². The first-order chi connectivity index (χ1) is 21.9. The molecule has 226 valence electrons. The summed E-state index contributed by atoms with van der Waals surface area (Å²) >= 11 is 7.43. The van der Waals surface area contributed by atoms with Crippen LogP contribution in [0.3, 0.4) is 0 Å². The van der Waals surface area contributed by atoms with Crippen LogP contribution in [0.2, 0.25) is 5.02 Å². The molecular formula is C36H30ClN3O4S. The molecule has 45 heavy (non-hydrogen) atoms. The van der Waals surface area contributed by atoms with E-state index in [0.29, 0.717) is 56.0 Å². The summed E-state index contributed by atoms with van der Waals surface area (Å²) in [6, 6.07) is 31.1. The summed E-state index contributed by atoms with van der Waals surface area (Å²) in [6.45, 7) is 4.58. The average Bonchev–Trinajstić information content (AvgIpc) is 3.34. The molecule has 0 bridgehead atoms. The van der Waals surface area contributed by atoms with Crippen molar-refractivity contribution in [2.45, 2.75) is 26.5 Å². The highest BCUT2D eigenvalue weighted by Gasteiger charge is 2.32. The largest absolute Gasteiger partial charge is 0.494 e. The number of halogens is 1. The number of hydrogen-bond acceptors (Lipinski definition) is 6. The highest BCUT2D eigenvalue weighted by atomic mass is 35.5. The van der Waals surface area contributed by atoms with Crippen molar-refractivity contribution in [3.8, 4) is 11.5 Å². The molecule has 1 N–H and O–H groups in total. The van der Waals surface area contributed by atoms with E-state index >= 15 is 0 Å². The summed E-state index contributed by atoms with van der Waals surface area (Å²) in [7, 11) is 0. The monoisotopic (exact) mass is 635 g/mol. The zero-order valence-corrected chi connectivity index (χ0v) is 26.3. The number of carbonyl (C=O) groups excluding carboxylic acids is 1. The van der Waals surface area contributed by atoms with Crippen LogP contribution in [0.15, 0.2) is 124 Å². The zero-order chi connectivity index (χ0) is 31.3. The van der Waals surface area contributed by atoms with Gasteiger partial charge in [0, 0.05) is 16.3 Å². The maximum atomic E-state index is 14.2. The predicted octanol–water partition coefficient (Wildman–Crippen LogP) is 6.51. The fraction of sp³-hybridized carbons (Fsp3) is 0.139. The van der Waals surface area contributed by atoms with Crippen molar-refractivity contribution in [1.29, 1.82) is 0 Å². The summed E-state index contributed by atoms with van der Waals surface area (Å²) in [5.41, 5.74) is 3.79. The van der Waals surface area contributed by atoms with Crippen molar-refractivity contribution >= 4 is 40.6 Å². The van der Waals surface area contributed by atoms with Crippen LogP contribution >= 0.6 is 22.9 Å². The first-order valence-corrected chi connectivity index (χ1v) is 15.7. The number of anilines is 1. The summed E-state index contributed by atoms with van der Waals surface area (Å²) in [5.74, 6) is 1.01. The van der Waals surface area contributed by atoms with Gasteiger partial charge in [-0.1, -0.05) is 83.6 Å². The number of aromatic nitrogens is 1. The standard InChI is InChI=1S/C36H30ClN3O4S/c1-3-43-29-18-16-25(17-19-29)33-32(34(41)39-28-13-5-4-6-14-28)23(2)38-36-40(33)35(42)31(45-36)21-26-11-7-8-15-30(26)44-22-24-10-9-12-27(37)20-24/h4-21,33H,3,22H2,1-2H3,(H,39,41)/b31-21-/t33-/m0/s1. The van der Waals surface area contributed by atoms with Crippen molar-refractivity contribution in [2.75, 3.05) is 11.9 Å². The second kappa shape index (κ2) is 13.4. The Kier molecular flexibility index (Phi) is 8.96. The van der Waals surface area contributed by atoms with Gasteiger partial charge in [0.05, 0.1) is 28.5 Å². The minimum absolute atomic E-state index is 0.250. The molecule has 1 aliphatic rings. The molecule has 1 aromatic heterocycles. The number of hydrogen-bond donors (Lipinski definition) is 1. The van der Waals surface area contributed by atoms with E-state index in [9.17, 15) is 9.59 Å². The third-order valence-corrected chi connectivity index (χ3v) is 8.51. The Morgan fingerprint density at radius 3 is 2.49 bits per heavy atom. The van der Waals surface area contributed by atoms with Crippen molar-refractivity contribution < 1.29 is 14.3 Å². The van der Waals surface area contributed by atoms with Crippen LogP contribution in [0.1, 0.15) is 36.6 Å². The molecule has 7 nitrogen and oxygen atoms in total. The SMILES string of the molecule is CCOc1ccc([C@H]2C(C(=O)Nc3ccccc3)=C(C)N=c3s/c(=C\c4ccccc4OCc4cccc(Cl)c4)c(=O)n32)cc1. The Morgan fingerprint density at radius 2 is 1.73 bits per heavy atom. The maximum Gasteiger partial charge on any atom is 0.271 e. The average molecular weight is 636 g/mol. The lowest BCUT2D eigenvalue weighted by Gasteiger charge is -2.25. The van der Waals surface area contributed by atoms with E-state index in [4.69, 9.17) is 26.1 Å². The van der Waals surface area contributed by atoms with Gasteiger partial charge in [0.1, 0.15) is 18.1 Å². The van der Waals surface area contributed by atoms with Crippen LogP contribution in [0.25, 0.3) is 6.08 Å². The lowest BCUT2D eigenvalue weighted by molar-refractivity contribution is -0.113. The topological polar surface area (TPSA) is 81.9 Å². The molecule has 1 atom stereocenters. The number of carbonyl (C=O) groups is 1. The van der Waals surface area contributed by atoms with Gasteiger partial charge in [-0.05, 0) is 73.5 Å². The number of nitrogens with one attached hydrogen (secondary N) is 1. The summed E-state index contributed by atoms with van der Waals surface area (Å²) < 4.78 is 13.9. The number of ether oxygens (including phenoxy) is 2. The molecule has 2 heterocycles. The Bertz CT molecular complexity index is 2070. The number of nitrogens with zero attached hydrogens (tertiary/aromatic N) is 2. The molecular weight excluding hydrogens is 606 g/mol. The number of para-hydroxylation sites is 2. The maximum absolute atomic E-state index is 14.2. The number of amides is 1. The van der Waals surface area contributed by atoms with Gasteiger partial charge in [0.2, 0.25) is 0 Å². The highest BCUT2D eigenvalue weighted by molar-refractivity contribution is 7.07. The third-order valence-electron chi connectivity index (χ3n) is 7.29. The van der Waals surface area contributed by atoms with Crippen LogP contribution in [0.5, 0.6) is 11.5 Å². The van der Waals surface area contributed by atoms with Gasteiger partial charge >= 0.3 is 0 Å². The predicted molar refractivity (Wildman–Crippen MR) is 179 cm³/mol. The van der Waals surface area contributed by atoms with E-state index in [1.807, 2.05) is 116 Å². The van der Waals surface area contributed by atoms with Crippen molar-refractivity contribution in [3.05, 3.63) is 156 Å². The van der Waals surface area contributed by atoms with E-state index in [1.165, 1.54) is 11.3 Å². The minimum atomic E-state index is -0.697. The molecule has 0 fully saturated rings. The quantitative estimate of drug-likeness (QED) is 0.200. The molecule has 1 aliphatic heterocycles. The lowest BCUT2D eigenvalue weighted by Crippen LogP contribution is -2.40. The van der Waals surface area contributed by atoms with Gasteiger partial charge in [-0.15, -0.1) is 0 Å². The van der Waals surface area contributed by atoms with Gasteiger partial charge < -0.3 is 14.8 Å². The normalized spacial score (nSPS) is 14.5. The van der Waals surface area contributed by atoms with Gasteiger partial charge in [0.15, 0.2) is 4.80 Å². The second-order valence-corrected chi connectivity index (χ2v) is 11.8. The van der Waals surface area contributed by atoms with Gasteiger partial charge in [0.25, 0.3) is 11.5 Å². The van der Waals surface area contributed by atoms with E-state index < -0.39 is 6.04 Å². The fourth-order valence-electron chi connectivity index (χ4n) is 5.22. The number of thiazole rings is 1. The summed E-state index contributed by atoms with van der Waals surface area (Å²) in [6.07, 6.45) is 1.81.